The van der Waals surface area contributed by atoms with Crippen molar-refractivity contribution in [3.05, 3.63) is 97.5 Å². The van der Waals surface area contributed by atoms with Crippen molar-refractivity contribution in [2.24, 2.45) is 0 Å². The topological polar surface area (TPSA) is 62.1 Å². The van der Waals surface area contributed by atoms with Gasteiger partial charge < -0.3 is 10.1 Å². The number of halogens is 2. The SMILES string of the molecule is N#C/C(=C/c1cc(Br)ccc1OCc1ccccc1)C(=O)Nc1ccc(I)cc1. The zero-order chi connectivity index (χ0) is 20.6. The van der Waals surface area contributed by atoms with Crippen molar-refractivity contribution in [1.82, 2.24) is 0 Å². The van der Waals surface area contributed by atoms with E-state index < -0.39 is 5.91 Å². The van der Waals surface area contributed by atoms with Crippen LogP contribution in [0.15, 0.2) is 82.8 Å². The van der Waals surface area contributed by atoms with Gasteiger partial charge in [0.05, 0.1) is 0 Å². The quantitative estimate of drug-likeness (QED) is 0.223. The maximum absolute atomic E-state index is 12.6. The number of hydrogen-bond acceptors (Lipinski definition) is 3. The average molecular weight is 559 g/mol. The number of ether oxygens (including phenoxy) is 1. The van der Waals surface area contributed by atoms with Gasteiger partial charge in [0.2, 0.25) is 0 Å². The van der Waals surface area contributed by atoms with Crippen LogP contribution in [0.3, 0.4) is 0 Å². The third-order valence-electron chi connectivity index (χ3n) is 3.98. The number of carbonyl (C=O) groups excluding carboxylic acids is 1. The van der Waals surface area contributed by atoms with Gasteiger partial charge in [-0.25, -0.2) is 0 Å². The second kappa shape index (κ2) is 10.2. The van der Waals surface area contributed by atoms with Crippen LogP contribution in [0.25, 0.3) is 6.08 Å². The molecule has 0 aliphatic carbocycles. The second-order valence-corrected chi connectivity index (χ2v) is 8.25. The number of rotatable bonds is 6. The Balaban J connectivity index is 1.82. The fraction of sp³-hybridized carbons (Fsp3) is 0.0435. The molecule has 0 radical (unpaired) electrons. The lowest BCUT2D eigenvalue weighted by Gasteiger charge is -2.11. The van der Waals surface area contributed by atoms with Gasteiger partial charge in [0, 0.05) is 19.3 Å². The minimum atomic E-state index is -0.470. The first-order valence-corrected chi connectivity index (χ1v) is 10.6. The van der Waals surface area contributed by atoms with E-state index in [0.717, 1.165) is 13.6 Å². The Morgan fingerprint density at radius 2 is 1.83 bits per heavy atom. The molecular formula is C23H16BrIN2O2. The summed E-state index contributed by atoms with van der Waals surface area (Å²) in [5.41, 5.74) is 2.30. The third-order valence-corrected chi connectivity index (χ3v) is 5.19. The molecule has 29 heavy (non-hydrogen) atoms. The summed E-state index contributed by atoms with van der Waals surface area (Å²) in [6.07, 6.45) is 1.53. The van der Waals surface area contributed by atoms with E-state index in [-0.39, 0.29) is 5.57 Å². The molecular weight excluding hydrogens is 543 g/mol. The van der Waals surface area contributed by atoms with E-state index in [1.807, 2.05) is 66.7 Å². The Morgan fingerprint density at radius 1 is 1.10 bits per heavy atom. The van der Waals surface area contributed by atoms with Gasteiger partial charge in [-0.2, -0.15) is 5.26 Å². The van der Waals surface area contributed by atoms with Crippen LogP contribution >= 0.6 is 38.5 Å². The minimum Gasteiger partial charge on any atom is -0.488 e. The summed E-state index contributed by atoms with van der Waals surface area (Å²) < 4.78 is 7.81. The van der Waals surface area contributed by atoms with E-state index >= 15 is 0 Å². The molecule has 0 aliphatic heterocycles. The summed E-state index contributed by atoms with van der Waals surface area (Å²) in [4.78, 5) is 12.6. The van der Waals surface area contributed by atoms with E-state index in [9.17, 15) is 10.1 Å². The fourth-order valence-electron chi connectivity index (χ4n) is 2.53. The normalized spacial score (nSPS) is 10.9. The third kappa shape index (κ3) is 6.17. The van der Waals surface area contributed by atoms with Crippen molar-refractivity contribution in [1.29, 1.82) is 5.26 Å². The monoisotopic (exact) mass is 558 g/mol. The van der Waals surface area contributed by atoms with Crippen molar-refractivity contribution in [3.8, 4) is 11.8 Å². The standard InChI is InChI=1S/C23H16BrIN2O2/c24-19-6-11-22(29-15-16-4-2-1-3-5-16)17(13-19)12-18(14-26)23(28)27-21-9-7-20(25)8-10-21/h1-13H,15H2,(H,27,28)/b18-12-. The van der Waals surface area contributed by atoms with Crippen molar-refractivity contribution in [2.75, 3.05) is 5.32 Å². The van der Waals surface area contributed by atoms with Gasteiger partial charge in [0.25, 0.3) is 5.91 Å². The molecule has 0 saturated carbocycles. The molecule has 0 spiro atoms. The first-order chi connectivity index (χ1) is 14.0. The molecule has 1 amide bonds. The van der Waals surface area contributed by atoms with E-state index in [1.54, 1.807) is 12.1 Å². The maximum atomic E-state index is 12.6. The number of nitriles is 1. The highest BCUT2D eigenvalue weighted by molar-refractivity contribution is 14.1. The average Bonchev–Trinajstić information content (AvgIpc) is 2.73. The van der Waals surface area contributed by atoms with Gasteiger partial charge in [0.15, 0.2) is 0 Å². The van der Waals surface area contributed by atoms with Crippen LogP contribution in [-0.2, 0) is 11.4 Å². The molecule has 0 atom stereocenters. The van der Waals surface area contributed by atoms with E-state index in [0.29, 0.717) is 23.6 Å². The molecule has 0 aromatic heterocycles. The first-order valence-electron chi connectivity index (χ1n) is 8.70. The van der Waals surface area contributed by atoms with Crippen LogP contribution in [-0.4, -0.2) is 5.91 Å². The van der Waals surface area contributed by atoms with Crippen LogP contribution in [0.4, 0.5) is 5.69 Å². The van der Waals surface area contributed by atoms with Crippen LogP contribution in [0.5, 0.6) is 5.75 Å². The molecule has 1 N–H and O–H groups in total. The summed E-state index contributed by atoms with van der Waals surface area (Å²) >= 11 is 5.62. The highest BCUT2D eigenvalue weighted by Gasteiger charge is 2.12. The van der Waals surface area contributed by atoms with E-state index in [2.05, 4.69) is 43.8 Å². The van der Waals surface area contributed by atoms with Gasteiger partial charge in [-0.15, -0.1) is 0 Å². The zero-order valence-corrected chi connectivity index (χ0v) is 19.0. The minimum absolute atomic E-state index is 0.00814. The molecule has 144 valence electrons. The predicted octanol–water partition coefficient (Wildman–Crippen LogP) is 6.18. The molecule has 0 saturated heterocycles. The Hall–Kier alpha value is -2.63. The molecule has 4 nitrogen and oxygen atoms in total. The summed E-state index contributed by atoms with van der Waals surface area (Å²) in [5.74, 6) is 0.120. The van der Waals surface area contributed by atoms with Crippen LogP contribution in [0.1, 0.15) is 11.1 Å². The van der Waals surface area contributed by atoms with Crippen molar-refractivity contribution < 1.29 is 9.53 Å². The number of hydrogen-bond donors (Lipinski definition) is 1. The maximum Gasteiger partial charge on any atom is 0.266 e. The lowest BCUT2D eigenvalue weighted by atomic mass is 10.1. The van der Waals surface area contributed by atoms with Crippen LogP contribution < -0.4 is 10.1 Å². The Kier molecular flexibility index (Phi) is 7.44. The summed E-state index contributed by atoms with van der Waals surface area (Å²) in [7, 11) is 0. The van der Waals surface area contributed by atoms with Gasteiger partial charge in [0.1, 0.15) is 24.0 Å². The number of carbonyl (C=O) groups is 1. The predicted molar refractivity (Wildman–Crippen MR) is 126 cm³/mol. The molecule has 0 aliphatic rings. The molecule has 0 heterocycles. The molecule has 3 aromatic rings. The largest absolute Gasteiger partial charge is 0.488 e. The summed E-state index contributed by atoms with van der Waals surface area (Å²) in [6, 6.07) is 24.6. The van der Waals surface area contributed by atoms with Crippen molar-refractivity contribution in [2.45, 2.75) is 6.61 Å². The molecule has 0 unspecified atom stereocenters. The Labute approximate surface area is 191 Å². The number of benzene rings is 3. The number of amides is 1. The zero-order valence-electron chi connectivity index (χ0n) is 15.2. The smallest absolute Gasteiger partial charge is 0.266 e. The van der Waals surface area contributed by atoms with Crippen LogP contribution in [0.2, 0.25) is 0 Å². The molecule has 6 heteroatoms. The van der Waals surface area contributed by atoms with Crippen molar-refractivity contribution in [3.63, 3.8) is 0 Å². The van der Waals surface area contributed by atoms with E-state index in [4.69, 9.17) is 4.74 Å². The van der Waals surface area contributed by atoms with Gasteiger partial charge in [-0.3, -0.25) is 4.79 Å². The Morgan fingerprint density at radius 3 is 2.52 bits per heavy atom. The highest BCUT2D eigenvalue weighted by atomic mass is 127. The number of nitrogens with one attached hydrogen (secondary N) is 1. The number of anilines is 1. The highest BCUT2D eigenvalue weighted by Crippen LogP contribution is 2.27. The lowest BCUT2D eigenvalue weighted by Crippen LogP contribution is -2.13. The van der Waals surface area contributed by atoms with Gasteiger partial charge in [-0.1, -0.05) is 46.3 Å². The van der Waals surface area contributed by atoms with Crippen molar-refractivity contribution >= 4 is 56.2 Å². The van der Waals surface area contributed by atoms with E-state index in [1.165, 1.54) is 6.08 Å². The molecule has 0 bridgehead atoms. The van der Waals surface area contributed by atoms with Crippen LogP contribution in [0, 0.1) is 14.9 Å². The van der Waals surface area contributed by atoms with Gasteiger partial charge in [-0.05, 0) is 76.7 Å². The number of nitrogens with zero attached hydrogens (tertiary/aromatic N) is 1. The Bertz CT molecular complexity index is 1070. The molecule has 3 aromatic carbocycles. The summed E-state index contributed by atoms with van der Waals surface area (Å²) in [5, 5.41) is 12.3. The van der Waals surface area contributed by atoms with Gasteiger partial charge >= 0.3 is 0 Å². The molecule has 0 fully saturated rings. The second-order valence-electron chi connectivity index (χ2n) is 6.09. The first kappa shape index (κ1) is 21.1. The summed E-state index contributed by atoms with van der Waals surface area (Å²) in [6.45, 7) is 0.389. The molecule has 3 rings (SSSR count). The lowest BCUT2D eigenvalue weighted by molar-refractivity contribution is -0.112. The fourth-order valence-corrected chi connectivity index (χ4v) is 3.27.